The third-order valence-electron chi connectivity index (χ3n) is 9.21. The molecule has 0 saturated carbocycles. The minimum absolute atomic E-state index is 0. The number of ether oxygens (including phenoxy) is 1. The van der Waals surface area contributed by atoms with Crippen LogP contribution in [-0.2, 0) is 26.8 Å². The van der Waals surface area contributed by atoms with Gasteiger partial charge < -0.3 is 9.30 Å². The minimum Gasteiger partial charge on any atom is -0.509 e. The summed E-state index contributed by atoms with van der Waals surface area (Å²) in [7, 11) is 0. The van der Waals surface area contributed by atoms with Crippen LogP contribution in [0.3, 0.4) is 0 Å². The molecule has 49 heavy (non-hydrogen) atoms. The van der Waals surface area contributed by atoms with Crippen molar-refractivity contribution in [1.29, 1.82) is 0 Å². The van der Waals surface area contributed by atoms with Gasteiger partial charge in [-0.2, -0.15) is 16.7 Å². The van der Waals surface area contributed by atoms with E-state index in [2.05, 4.69) is 144 Å². The molecule has 0 unspecified atom stereocenters. The monoisotopic (exact) mass is 736 g/mol. The SMILES string of the molecule is CCc1cc(Oc2[c-]c3c(cc2)c2ccccc2n3-c2cc(C)ccn2)[c-]c(-n2nc(C(C)C)c(-c3c(C)cccc3C)c2C(C)C)c1.[Pd+2]. The fraction of sp³-hybridized carbons (Fsp3) is 0.256. The maximum absolute atomic E-state index is 6.62. The maximum Gasteiger partial charge on any atom is 2.00 e. The Morgan fingerprint density at radius 3 is 2.20 bits per heavy atom. The van der Waals surface area contributed by atoms with Gasteiger partial charge in [0.05, 0.1) is 11.4 Å². The zero-order valence-corrected chi connectivity index (χ0v) is 31.0. The normalized spacial score (nSPS) is 11.6. The van der Waals surface area contributed by atoms with E-state index >= 15 is 0 Å². The largest absolute Gasteiger partial charge is 2.00 e. The van der Waals surface area contributed by atoms with Gasteiger partial charge in [-0.15, -0.1) is 35.7 Å². The van der Waals surface area contributed by atoms with E-state index in [-0.39, 0.29) is 32.3 Å². The van der Waals surface area contributed by atoms with Gasteiger partial charge in [-0.25, -0.2) is 4.98 Å². The Morgan fingerprint density at radius 1 is 0.755 bits per heavy atom. The van der Waals surface area contributed by atoms with E-state index in [4.69, 9.17) is 14.8 Å². The zero-order valence-electron chi connectivity index (χ0n) is 29.5. The molecule has 0 atom stereocenters. The van der Waals surface area contributed by atoms with Gasteiger partial charge in [0.1, 0.15) is 5.82 Å². The molecule has 6 heteroatoms. The summed E-state index contributed by atoms with van der Waals surface area (Å²) in [5.41, 5.74) is 12.5. The average molecular weight is 737 g/mol. The topological polar surface area (TPSA) is 44.9 Å². The smallest absolute Gasteiger partial charge is 0.509 e. The van der Waals surface area contributed by atoms with E-state index in [0.717, 1.165) is 56.6 Å². The quantitative estimate of drug-likeness (QED) is 0.115. The molecular weight excluding hydrogens is 695 g/mol. The molecule has 0 radical (unpaired) electrons. The fourth-order valence-electron chi connectivity index (χ4n) is 6.92. The van der Waals surface area contributed by atoms with E-state index in [9.17, 15) is 0 Å². The Bertz CT molecular complexity index is 2290. The molecule has 7 rings (SSSR count). The Kier molecular flexibility index (Phi) is 9.67. The molecule has 3 aromatic heterocycles. The van der Waals surface area contributed by atoms with Crippen molar-refractivity contribution >= 4 is 21.8 Å². The summed E-state index contributed by atoms with van der Waals surface area (Å²) in [5, 5.41) is 7.57. The van der Waals surface area contributed by atoms with Gasteiger partial charge in [0, 0.05) is 28.8 Å². The van der Waals surface area contributed by atoms with Crippen molar-refractivity contribution in [2.75, 3.05) is 0 Å². The summed E-state index contributed by atoms with van der Waals surface area (Å²) in [6.45, 7) is 17.6. The van der Waals surface area contributed by atoms with Crippen LogP contribution in [0.4, 0.5) is 0 Å². The molecule has 0 aliphatic rings. The molecule has 3 heterocycles. The number of pyridine rings is 1. The Labute approximate surface area is 303 Å². The molecule has 0 bridgehead atoms. The van der Waals surface area contributed by atoms with Gasteiger partial charge in [0.2, 0.25) is 0 Å². The number of nitrogens with zero attached hydrogens (tertiary/aromatic N) is 4. The Morgan fingerprint density at radius 2 is 1.51 bits per heavy atom. The second-order valence-corrected chi connectivity index (χ2v) is 13.5. The number of rotatable bonds is 8. The van der Waals surface area contributed by atoms with Crippen molar-refractivity contribution in [3.63, 3.8) is 0 Å². The molecule has 4 aromatic carbocycles. The van der Waals surface area contributed by atoms with Crippen LogP contribution in [-0.4, -0.2) is 19.3 Å². The fourth-order valence-corrected chi connectivity index (χ4v) is 6.92. The second kappa shape index (κ2) is 13.8. The molecular formula is C43H42N4OPd. The predicted molar refractivity (Wildman–Crippen MR) is 197 cm³/mol. The van der Waals surface area contributed by atoms with Crippen LogP contribution < -0.4 is 4.74 Å². The van der Waals surface area contributed by atoms with Crippen molar-refractivity contribution < 1.29 is 25.2 Å². The Balaban J connectivity index is 0.00000417. The number of hydrogen-bond acceptors (Lipinski definition) is 3. The summed E-state index contributed by atoms with van der Waals surface area (Å²) < 4.78 is 10.9. The number of aromatic nitrogens is 4. The molecule has 250 valence electrons. The number of para-hydroxylation sites is 1. The van der Waals surface area contributed by atoms with E-state index in [0.29, 0.717) is 11.5 Å². The van der Waals surface area contributed by atoms with Gasteiger partial charge in [0.25, 0.3) is 0 Å². The number of benzene rings is 4. The Hall–Kier alpha value is -4.50. The van der Waals surface area contributed by atoms with Crippen molar-refractivity contribution in [1.82, 2.24) is 19.3 Å². The molecule has 0 aliphatic heterocycles. The third-order valence-corrected chi connectivity index (χ3v) is 9.21. The van der Waals surface area contributed by atoms with Crippen LogP contribution in [0.1, 0.15) is 80.1 Å². The average Bonchev–Trinajstić information content (AvgIpc) is 3.61. The number of hydrogen-bond donors (Lipinski definition) is 0. The first-order valence-electron chi connectivity index (χ1n) is 17.0. The molecule has 0 spiro atoms. The predicted octanol–water partition coefficient (Wildman–Crippen LogP) is 11.2. The molecule has 0 fully saturated rings. The first-order valence-corrected chi connectivity index (χ1v) is 17.0. The summed E-state index contributed by atoms with van der Waals surface area (Å²) in [4.78, 5) is 4.73. The zero-order chi connectivity index (χ0) is 33.7. The van der Waals surface area contributed by atoms with Gasteiger partial charge in [-0.3, -0.25) is 4.68 Å². The maximum atomic E-state index is 6.62. The van der Waals surface area contributed by atoms with Gasteiger partial charge in [-0.05, 0) is 84.1 Å². The van der Waals surface area contributed by atoms with Crippen LogP contribution in [0.5, 0.6) is 11.5 Å². The van der Waals surface area contributed by atoms with Gasteiger partial charge >= 0.3 is 20.4 Å². The van der Waals surface area contributed by atoms with Crippen LogP contribution in [0.15, 0.2) is 85.1 Å². The molecule has 0 amide bonds. The van der Waals surface area contributed by atoms with Crippen molar-refractivity contribution in [3.05, 3.63) is 131 Å². The van der Waals surface area contributed by atoms with E-state index < -0.39 is 0 Å². The van der Waals surface area contributed by atoms with E-state index in [1.165, 1.54) is 27.9 Å². The molecule has 0 N–H and O–H groups in total. The first kappa shape index (κ1) is 34.4. The second-order valence-electron chi connectivity index (χ2n) is 13.5. The van der Waals surface area contributed by atoms with E-state index in [1.54, 1.807) is 0 Å². The summed E-state index contributed by atoms with van der Waals surface area (Å²) in [6.07, 6.45) is 2.71. The standard InChI is InChI=1S/C43H42N4O.Pd/c1-9-31-22-32(47-43(27(4)5)41(42(45-47)26(2)3)40-29(7)13-12-14-30(40)8)24-34(23-31)48-33-17-18-36-35-15-10-11-16-37(35)46(38(36)25-33)39-21-28(6)19-20-44-39;/h10-23,26-27H,9H2,1-8H3;/q-2;+2. The first-order chi connectivity index (χ1) is 23.1. The van der Waals surface area contributed by atoms with Crippen molar-refractivity contribution in [3.8, 4) is 34.1 Å². The van der Waals surface area contributed by atoms with Gasteiger partial charge in [-0.1, -0.05) is 83.0 Å². The van der Waals surface area contributed by atoms with Crippen LogP contribution in [0, 0.1) is 32.9 Å². The minimum atomic E-state index is 0. The third kappa shape index (κ3) is 6.25. The molecule has 7 aromatic rings. The van der Waals surface area contributed by atoms with E-state index in [1.807, 2.05) is 18.3 Å². The van der Waals surface area contributed by atoms with Crippen LogP contribution in [0.2, 0.25) is 0 Å². The molecule has 5 nitrogen and oxygen atoms in total. The molecule has 0 aliphatic carbocycles. The number of fused-ring (bicyclic) bond motifs is 3. The summed E-state index contributed by atoms with van der Waals surface area (Å²) in [6, 6.07) is 34.7. The summed E-state index contributed by atoms with van der Waals surface area (Å²) >= 11 is 0. The summed E-state index contributed by atoms with van der Waals surface area (Å²) in [5.74, 6) is 2.60. The van der Waals surface area contributed by atoms with Crippen molar-refractivity contribution in [2.45, 2.75) is 73.6 Å². The van der Waals surface area contributed by atoms with Crippen molar-refractivity contribution in [2.24, 2.45) is 0 Å². The van der Waals surface area contributed by atoms with Crippen LogP contribution in [0.25, 0.3) is 44.4 Å². The molecule has 0 saturated heterocycles. The van der Waals surface area contributed by atoms with Crippen LogP contribution >= 0.6 is 0 Å². The number of aryl methyl sites for hydroxylation is 4. The van der Waals surface area contributed by atoms with Gasteiger partial charge in [0.15, 0.2) is 0 Å².